The van der Waals surface area contributed by atoms with Crippen molar-refractivity contribution in [3.05, 3.63) is 33.8 Å². The van der Waals surface area contributed by atoms with Crippen molar-refractivity contribution in [1.82, 2.24) is 5.32 Å². The zero-order chi connectivity index (χ0) is 12.0. The zero-order valence-electron chi connectivity index (χ0n) is 9.89. The summed E-state index contributed by atoms with van der Waals surface area (Å²) in [7, 11) is 2.01. The Morgan fingerprint density at radius 3 is 2.69 bits per heavy atom. The van der Waals surface area contributed by atoms with Crippen molar-refractivity contribution in [2.75, 3.05) is 7.05 Å². The van der Waals surface area contributed by atoms with Crippen molar-refractivity contribution in [3.8, 4) is 0 Å². The first-order chi connectivity index (χ1) is 7.67. The van der Waals surface area contributed by atoms with Gasteiger partial charge in [0.25, 0.3) is 0 Å². The summed E-state index contributed by atoms with van der Waals surface area (Å²) in [4.78, 5) is 0. The van der Waals surface area contributed by atoms with Crippen LogP contribution in [0.5, 0.6) is 0 Å². The summed E-state index contributed by atoms with van der Waals surface area (Å²) < 4.78 is 0. The van der Waals surface area contributed by atoms with Gasteiger partial charge in [0.15, 0.2) is 0 Å². The van der Waals surface area contributed by atoms with Gasteiger partial charge >= 0.3 is 0 Å². The summed E-state index contributed by atoms with van der Waals surface area (Å²) in [5.74, 6) is 0. The van der Waals surface area contributed by atoms with E-state index in [2.05, 4.69) is 12.2 Å². The van der Waals surface area contributed by atoms with Crippen LogP contribution in [0, 0.1) is 0 Å². The van der Waals surface area contributed by atoms with E-state index >= 15 is 0 Å². The van der Waals surface area contributed by atoms with Crippen LogP contribution in [-0.4, -0.2) is 13.1 Å². The molecular formula is C13H19Cl2N. The second kappa shape index (κ2) is 7.16. The quantitative estimate of drug-likeness (QED) is 0.803. The molecule has 1 unspecified atom stereocenters. The molecule has 0 heterocycles. The number of rotatable bonds is 6. The topological polar surface area (TPSA) is 12.0 Å². The molecule has 90 valence electrons. The van der Waals surface area contributed by atoms with E-state index < -0.39 is 0 Å². The molecule has 0 fully saturated rings. The van der Waals surface area contributed by atoms with Gasteiger partial charge in [0.2, 0.25) is 0 Å². The van der Waals surface area contributed by atoms with E-state index in [1.54, 1.807) is 0 Å². The van der Waals surface area contributed by atoms with Gasteiger partial charge in [-0.3, -0.25) is 0 Å². The Bertz CT molecular complexity index is 322. The molecule has 0 spiro atoms. The monoisotopic (exact) mass is 259 g/mol. The van der Waals surface area contributed by atoms with Crippen molar-refractivity contribution >= 4 is 23.2 Å². The molecular weight excluding hydrogens is 241 g/mol. The number of benzene rings is 1. The normalized spacial score (nSPS) is 12.8. The van der Waals surface area contributed by atoms with E-state index in [4.69, 9.17) is 23.2 Å². The molecule has 0 radical (unpaired) electrons. The van der Waals surface area contributed by atoms with E-state index in [-0.39, 0.29) is 0 Å². The van der Waals surface area contributed by atoms with Crippen molar-refractivity contribution in [1.29, 1.82) is 0 Å². The Labute approximate surface area is 108 Å². The van der Waals surface area contributed by atoms with E-state index in [1.165, 1.54) is 12.8 Å². The lowest BCUT2D eigenvalue weighted by atomic mass is 10.0. The number of hydrogen-bond acceptors (Lipinski definition) is 1. The van der Waals surface area contributed by atoms with Crippen LogP contribution >= 0.6 is 23.2 Å². The third-order valence-electron chi connectivity index (χ3n) is 2.91. The molecule has 0 saturated heterocycles. The molecule has 1 aromatic rings. The third kappa shape index (κ3) is 4.32. The highest BCUT2D eigenvalue weighted by atomic mass is 35.5. The Kier molecular flexibility index (Phi) is 6.18. The predicted octanol–water partition coefficient (Wildman–Crippen LogP) is 4.31. The maximum absolute atomic E-state index is 6.11. The summed E-state index contributed by atoms with van der Waals surface area (Å²) in [6.07, 6.45) is 4.48. The molecule has 1 aromatic carbocycles. The SMILES string of the molecule is CCC(CCCc1cc(Cl)ccc1Cl)NC. The molecule has 1 N–H and O–H groups in total. The molecule has 1 atom stereocenters. The second-order valence-corrected chi connectivity index (χ2v) is 4.87. The van der Waals surface area contributed by atoms with Gasteiger partial charge in [0.1, 0.15) is 0 Å². The minimum atomic E-state index is 0.609. The largest absolute Gasteiger partial charge is 0.317 e. The van der Waals surface area contributed by atoms with E-state index in [0.717, 1.165) is 28.5 Å². The average Bonchev–Trinajstić information content (AvgIpc) is 2.29. The maximum atomic E-state index is 6.11. The summed E-state index contributed by atoms with van der Waals surface area (Å²) in [5, 5.41) is 4.89. The molecule has 0 bridgehead atoms. The minimum Gasteiger partial charge on any atom is -0.317 e. The Balaban J connectivity index is 2.45. The first-order valence-electron chi connectivity index (χ1n) is 5.78. The molecule has 0 amide bonds. The fourth-order valence-electron chi connectivity index (χ4n) is 1.83. The lowest BCUT2D eigenvalue weighted by molar-refractivity contribution is 0.492. The highest BCUT2D eigenvalue weighted by Crippen LogP contribution is 2.22. The van der Waals surface area contributed by atoms with E-state index in [9.17, 15) is 0 Å². The van der Waals surface area contributed by atoms with Gasteiger partial charge in [-0.1, -0.05) is 30.1 Å². The lowest BCUT2D eigenvalue weighted by Crippen LogP contribution is -2.23. The van der Waals surface area contributed by atoms with Crippen LogP contribution in [0.2, 0.25) is 10.0 Å². The van der Waals surface area contributed by atoms with Crippen LogP contribution in [-0.2, 0) is 6.42 Å². The zero-order valence-corrected chi connectivity index (χ0v) is 11.4. The number of halogens is 2. The van der Waals surface area contributed by atoms with Crippen molar-refractivity contribution in [2.24, 2.45) is 0 Å². The summed E-state index contributed by atoms with van der Waals surface area (Å²) >= 11 is 12.0. The van der Waals surface area contributed by atoms with E-state index in [1.807, 2.05) is 25.2 Å². The fourth-order valence-corrected chi connectivity index (χ4v) is 2.23. The van der Waals surface area contributed by atoms with Crippen molar-refractivity contribution in [3.63, 3.8) is 0 Å². The Hall–Kier alpha value is -0.240. The summed E-state index contributed by atoms with van der Waals surface area (Å²) in [5.41, 5.74) is 1.15. The molecule has 0 aliphatic carbocycles. The van der Waals surface area contributed by atoms with E-state index in [0.29, 0.717) is 6.04 Å². The van der Waals surface area contributed by atoms with Crippen LogP contribution in [0.1, 0.15) is 31.7 Å². The van der Waals surface area contributed by atoms with Gasteiger partial charge in [-0.2, -0.15) is 0 Å². The highest BCUT2D eigenvalue weighted by molar-refractivity contribution is 6.33. The molecule has 16 heavy (non-hydrogen) atoms. The smallest absolute Gasteiger partial charge is 0.0439 e. The second-order valence-electron chi connectivity index (χ2n) is 4.02. The molecule has 0 saturated carbocycles. The van der Waals surface area contributed by atoms with Gasteiger partial charge in [0.05, 0.1) is 0 Å². The van der Waals surface area contributed by atoms with Crippen LogP contribution in [0.25, 0.3) is 0 Å². The molecule has 0 aliphatic heterocycles. The number of nitrogens with one attached hydrogen (secondary N) is 1. The van der Waals surface area contributed by atoms with Gasteiger partial charge < -0.3 is 5.32 Å². The summed E-state index contributed by atoms with van der Waals surface area (Å²) in [6.45, 7) is 2.20. The van der Waals surface area contributed by atoms with Crippen LogP contribution in [0.3, 0.4) is 0 Å². The number of aryl methyl sites for hydroxylation is 1. The number of hydrogen-bond donors (Lipinski definition) is 1. The van der Waals surface area contributed by atoms with Crippen LogP contribution in [0.4, 0.5) is 0 Å². The van der Waals surface area contributed by atoms with Crippen LogP contribution in [0.15, 0.2) is 18.2 Å². The maximum Gasteiger partial charge on any atom is 0.0439 e. The van der Waals surface area contributed by atoms with Crippen molar-refractivity contribution in [2.45, 2.75) is 38.6 Å². The first-order valence-corrected chi connectivity index (χ1v) is 6.54. The first kappa shape index (κ1) is 13.8. The Morgan fingerprint density at radius 2 is 2.06 bits per heavy atom. The highest BCUT2D eigenvalue weighted by Gasteiger charge is 2.05. The Morgan fingerprint density at radius 1 is 1.31 bits per heavy atom. The molecule has 3 heteroatoms. The van der Waals surface area contributed by atoms with Gasteiger partial charge in [-0.15, -0.1) is 0 Å². The van der Waals surface area contributed by atoms with Gasteiger partial charge in [-0.25, -0.2) is 0 Å². The third-order valence-corrected chi connectivity index (χ3v) is 3.51. The fraction of sp³-hybridized carbons (Fsp3) is 0.538. The van der Waals surface area contributed by atoms with Crippen LogP contribution < -0.4 is 5.32 Å². The summed E-state index contributed by atoms with van der Waals surface area (Å²) in [6, 6.07) is 6.27. The van der Waals surface area contributed by atoms with Gasteiger partial charge in [-0.05, 0) is 56.5 Å². The standard InChI is InChI=1S/C13H19Cl2N/c1-3-12(16-2)6-4-5-10-9-11(14)7-8-13(10)15/h7-9,12,16H,3-6H2,1-2H3. The predicted molar refractivity (Wildman–Crippen MR) is 72.5 cm³/mol. The molecule has 0 aliphatic rings. The van der Waals surface area contributed by atoms with Gasteiger partial charge in [0, 0.05) is 16.1 Å². The average molecular weight is 260 g/mol. The minimum absolute atomic E-state index is 0.609. The molecule has 0 aromatic heterocycles. The molecule has 1 rings (SSSR count). The van der Waals surface area contributed by atoms with Crippen molar-refractivity contribution < 1.29 is 0 Å². The lowest BCUT2D eigenvalue weighted by Gasteiger charge is -2.13. The molecule has 1 nitrogen and oxygen atoms in total.